The van der Waals surface area contributed by atoms with E-state index in [2.05, 4.69) is 13.8 Å². The molecular weight excluding hydrogens is 158 g/mol. The van der Waals surface area contributed by atoms with E-state index in [-0.39, 0.29) is 0 Å². The third-order valence-corrected chi connectivity index (χ3v) is 3.26. The van der Waals surface area contributed by atoms with Gasteiger partial charge in [-0.2, -0.15) is 0 Å². The van der Waals surface area contributed by atoms with Crippen molar-refractivity contribution in [1.82, 2.24) is 0 Å². The molecule has 1 aliphatic carbocycles. The minimum atomic E-state index is 0.488. The zero-order valence-electron chi connectivity index (χ0n) is 9.26. The first-order valence-electron chi connectivity index (χ1n) is 6.03. The van der Waals surface area contributed by atoms with Gasteiger partial charge in [-0.1, -0.05) is 39.5 Å². The Labute approximate surface area is 83.1 Å². The van der Waals surface area contributed by atoms with Crippen molar-refractivity contribution in [2.24, 2.45) is 17.6 Å². The van der Waals surface area contributed by atoms with Crippen LogP contribution < -0.4 is 5.73 Å². The van der Waals surface area contributed by atoms with Gasteiger partial charge in [0.1, 0.15) is 0 Å². The van der Waals surface area contributed by atoms with E-state index in [1.54, 1.807) is 0 Å². The van der Waals surface area contributed by atoms with Gasteiger partial charge in [-0.05, 0) is 31.1 Å². The number of hydrogen-bond donors (Lipinski definition) is 1. The molecule has 0 amide bonds. The summed E-state index contributed by atoms with van der Waals surface area (Å²) in [6, 6.07) is 0.488. The largest absolute Gasteiger partial charge is 0.328 e. The Morgan fingerprint density at radius 2 is 2.00 bits per heavy atom. The van der Waals surface area contributed by atoms with E-state index in [1.807, 2.05) is 0 Å². The quantitative estimate of drug-likeness (QED) is 0.643. The molecule has 1 nitrogen and oxygen atoms in total. The summed E-state index contributed by atoms with van der Waals surface area (Å²) in [6.07, 6.45) is 9.46. The zero-order valence-corrected chi connectivity index (χ0v) is 9.26. The second kappa shape index (κ2) is 5.64. The number of rotatable bonds is 7. The molecule has 0 aromatic heterocycles. The van der Waals surface area contributed by atoms with E-state index in [9.17, 15) is 0 Å². The van der Waals surface area contributed by atoms with Crippen LogP contribution in [-0.4, -0.2) is 6.04 Å². The molecule has 0 aromatic carbocycles. The van der Waals surface area contributed by atoms with Gasteiger partial charge in [-0.15, -0.1) is 0 Å². The molecule has 1 aliphatic rings. The van der Waals surface area contributed by atoms with Crippen molar-refractivity contribution in [1.29, 1.82) is 0 Å². The molecule has 0 aromatic rings. The summed E-state index contributed by atoms with van der Waals surface area (Å²) >= 11 is 0. The van der Waals surface area contributed by atoms with Gasteiger partial charge >= 0.3 is 0 Å². The molecule has 3 unspecified atom stereocenters. The SMILES string of the molecule is CCCCC1CC1CC(N)CCC. The minimum Gasteiger partial charge on any atom is -0.328 e. The molecule has 3 atom stereocenters. The molecule has 0 aliphatic heterocycles. The molecule has 0 bridgehead atoms. The Morgan fingerprint density at radius 1 is 1.23 bits per heavy atom. The lowest BCUT2D eigenvalue weighted by atomic mass is 10.0. The molecule has 1 rings (SSSR count). The predicted molar refractivity (Wildman–Crippen MR) is 58.6 cm³/mol. The van der Waals surface area contributed by atoms with Crippen LogP contribution in [0.2, 0.25) is 0 Å². The maximum absolute atomic E-state index is 6.02. The van der Waals surface area contributed by atoms with Crippen molar-refractivity contribution in [3.63, 3.8) is 0 Å². The Kier molecular flexibility index (Phi) is 4.79. The lowest BCUT2D eigenvalue weighted by molar-refractivity contribution is 0.492. The van der Waals surface area contributed by atoms with Gasteiger partial charge in [0, 0.05) is 6.04 Å². The molecule has 0 radical (unpaired) electrons. The fourth-order valence-corrected chi connectivity index (χ4v) is 2.30. The Morgan fingerprint density at radius 3 is 2.62 bits per heavy atom. The van der Waals surface area contributed by atoms with Gasteiger partial charge < -0.3 is 5.73 Å². The highest BCUT2D eigenvalue weighted by molar-refractivity contribution is 4.88. The van der Waals surface area contributed by atoms with Crippen LogP contribution in [-0.2, 0) is 0 Å². The predicted octanol–water partition coefficient (Wildman–Crippen LogP) is 3.33. The maximum Gasteiger partial charge on any atom is 0.00414 e. The van der Waals surface area contributed by atoms with Crippen molar-refractivity contribution in [2.45, 2.75) is 64.8 Å². The monoisotopic (exact) mass is 183 g/mol. The van der Waals surface area contributed by atoms with Gasteiger partial charge in [-0.25, -0.2) is 0 Å². The summed E-state index contributed by atoms with van der Waals surface area (Å²) in [5.41, 5.74) is 6.02. The summed E-state index contributed by atoms with van der Waals surface area (Å²) in [5, 5.41) is 0. The first-order valence-corrected chi connectivity index (χ1v) is 6.03. The number of unbranched alkanes of at least 4 members (excludes halogenated alkanes) is 1. The highest BCUT2D eigenvalue weighted by Crippen LogP contribution is 2.45. The van der Waals surface area contributed by atoms with E-state index in [0.717, 1.165) is 11.8 Å². The third-order valence-electron chi connectivity index (χ3n) is 3.26. The summed E-state index contributed by atoms with van der Waals surface area (Å²) in [5.74, 6) is 2.04. The van der Waals surface area contributed by atoms with Crippen LogP contribution >= 0.6 is 0 Å². The van der Waals surface area contributed by atoms with E-state index in [1.165, 1.54) is 44.9 Å². The van der Waals surface area contributed by atoms with Crippen molar-refractivity contribution in [2.75, 3.05) is 0 Å². The van der Waals surface area contributed by atoms with E-state index >= 15 is 0 Å². The Balaban J connectivity index is 1.99. The van der Waals surface area contributed by atoms with Gasteiger partial charge in [0.25, 0.3) is 0 Å². The molecule has 78 valence electrons. The first-order chi connectivity index (χ1) is 6.27. The second-order valence-corrected chi connectivity index (χ2v) is 4.68. The van der Waals surface area contributed by atoms with Gasteiger partial charge in [0.15, 0.2) is 0 Å². The fraction of sp³-hybridized carbons (Fsp3) is 1.00. The van der Waals surface area contributed by atoms with Crippen molar-refractivity contribution < 1.29 is 0 Å². The van der Waals surface area contributed by atoms with Crippen molar-refractivity contribution >= 4 is 0 Å². The topological polar surface area (TPSA) is 26.0 Å². The summed E-state index contributed by atoms with van der Waals surface area (Å²) in [7, 11) is 0. The molecular formula is C12H25N. The van der Waals surface area contributed by atoms with Gasteiger partial charge in [0.2, 0.25) is 0 Å². The molecule has 1 saturated carbocycles. The Hall–Kier alpha value is -0.0400. The summed E-state index contributed by atoms with van der Waals surface area (Å²) in [4.78, 5) is 0. The summed E-state index contributed by atoms with van der Waals surface area (Å²) < 4.78 is 0. The molecule has 0 heterocycles. The minimum absolute atomic E-state index is 0.488. The van der Waals surface area contributed by atoms with Crippen LogP contribution in [0.1, 0.15) is 58.8 Å². The van der Waals surface area contributed by atoms with Crippen LogP contribution in [0.25, 0.3) is 0 Å². The number of nitrogens with two attached hydrogens (primary N) is 1. The molecule has 13 heavy (non-hydrogen) atoms. The smallest absolute Gasteiger partial charge is 0.00414 e. The fourth-order valence-electron chi connectivity index (χ4n) is 2.30. The lowest BCUT2D eigenvalue weighted by Crippen LogP contribution is -2.20. The first kappa shape index (κ1) is 11.0. The standard InChI is InChI=1S/C12H25N/c1-3-5-7-10-8-11(10)9-12(13)6-4-2/h10-12H,3-9,13H2,1-2H3. The summed E-state index contributed by atoms with van der Waals surface area (Å²) in [6.45, 7) is 4.50. The Bertz CT molecular complexity index is 133. The normalized spacial score (nSPS) is 28.8. The number of hydrogen-bond acceptors (Lipinski definition) is 1. The third kappa shape index (κ3) is 4.12. The van der Waals surface area contributed by atoms with Crippen LogP contribution in [0.4, 0.5) is 0 Å². The van der Waals surface area contributed by atoms with Crippen LogP contribution in [0.15, 0.2) is 0 Å². The van der Waals surface area contributed by atoms with Crippen LogP contribution in [0, 0.1) is 11.8 Å². The van der Waals surface area contributed by atoms with Crippen molar-refractivity contribution in [3.8, 4) is 0 Å². The highest BCUT2D eigenvalue weighted by atomic mass is 14.6. The molecule has 2 N–H and O–H groups in total. The molecule has 0 spiro atoms. The second-order valence-electron chi connectivity index (χ2n) is 4.68. The van der Waals surface area contributed by atoms with Crippen LogP contribution in [0.5, 0.6) is 0 Å². The molecule has 0 saturated heterocycles. The van der Waals surface area contributed by atoms with Crippen LogP contribution in [0.3, 0.4) is 0 Å². The highest BCUT2D eigenvalue weighted by Gasteiger charge is 2.36. The van der Waals surface area contributed by atoms with Gasteiger partial charge in [0.05, 0.1) is 0 Å². The molecule has 1 fully saturated rings. The molecule has 1 heteroatoms. The average molecular weight is 183 g/mol. The van der Waals surface area contributed by atoms with E-state index < -0.39 is 0 Å². The van der Waals surface area contributed by atoms with Gasteiger partial charge in [-0.3, -0.25) is 0 Å². The maximum atomic E-state index is 6.02. The van der Waals surface area contributed by atoms with Crippen molar-refractivity contribution in [3.05, 3.63) is 0 Å². The average Bonchev–Trinajstić information content (AvgIpc) is 2.80. The van der Waals surface area contributed by atoms with E-state index in [4.69, 9.17) is 5.73 Å². The zero-order chi connectivity index (χ0) is 9.68. The lowest BCUT2D eigenvalue weighted by Gasteiger charge is -2.09. The van der Waals surface area contributed by atoms with E-state index in [0.29, 0.717) is 6.04 Å².